The molecule has 0 saturated carbocycles. The largest absolute Gasteiger partial charge is 0.301 e. The molecule has 0 bridgehead atoms. The number of hydrogen-bond acceptors (Lipinski definition) is 5. The maximum Gasteiger partial charge on any atom is 0.271 e. The fourth-order valence-corrected chi connectivity index (χ4v) is 3.70. The molecule has 27 heavy (non-hydrogen) atoms. The lowest BCUT2D eigenvalue weighted by Crippen LogP contribution is -2.03. The van der Waals surface area contributed by atoms with Crippen LogP contribution in [-0.2, 0) is 3.07 Å². The molecule has 0 fully saturated rings. The van der Waals surface area contributed by atoms with E-state index in [0.29, 0.717) is 44.8 Å². The number of rotatable bonds is 4. The zero-order valence-electron chi connectivity index (χ0n) is 14.3. The first-order valence-electron chi connectivity index (χ1n) is 7.97. The Kier molecular flexibility index (Phi) is 4.31. The van der Waals surface area contributed by atoms with Crippen LogP contribution in [0.3, 0.4) is 0 Å². The van der Waals surface area contributed by atoms with Crippen molar-refractivity contribution in [2.45, 2.75) is 19.8 Å². The highest BCUT2D eigenvalue weighted by atomic mass is 127. The standard InChI is InChI=1S/C17H13FIN7O/c1-8(3-20)14-16(18)9(2)15(10-4-22-25-17(10)14)11-6-26-7-12(24-19-27)23-13(26)5-21-11/h4-8H,1-2H3,(H,22,25)(H,24,27). The van der Waals surface area contributed by atoms with Gasteiger partial charge >= 0.3 is 0 Å². The van der Waals surface area contributed by atoms with Gasteiger partial charge in [-0.1, -0.05) is 0 Å². The van der Waals surface area contributed by atoms with E-state index in [-0.39, 0.29) is 0 Å². The van der Waals surface area contributed by atoms with E-state index in [2.05, 4.69) is 29.8 Å². The van der Waals surface area contributed by atoms with Gasteiger partial charge in [0, 0.05) is 22.7 Å². The Morgan fingerprint density at radius 1 is 1.41 bits per heavy atom. The minimum atomic E-state index is -1.39. The molecule has 4 rings (SSSR count). The van der Waals surface area contributed by atoms with Crippen molar-refractivity contribution in [1.29, 1.82) is 5.26 Å². The first kappa shape index (κ1) is 17.5. The summed E-state index contributed by atoms with van der Waals surface area (Å²) in [4.78, 5) is 8.69. The normalized spacial score (nSPS) is 12.4. The Hall–Kier alpha value is -2.94. The first-order chi connectivity index (χ1) is 13.0. The maximum absolute atomic E-state index is 15.1. The quantitative estimate of drug-likeness (QED) is 0.340. The van der Waals surface area contributed by atoms with Crippen LogP contribution in [-0.4, -0.2) is 24.6 Å². The minimum absolute atomic E-state index is 0.306. The number of hydrogen-bond donors (Lipinski definition) is 2. The molecule has 0 amide bonds. The molecule has 1 aromatic carbocycles. The summed E-state index contributed by atoms with van der Waals surface area (Å²) >= 11 is -1.39. The summed E-state index contributed by atoms with van der Waals surface area (Å²) < 4.78 is 30.4. The number of H-pyrrole nitrogens is 1. The molecule has 0 radical (unpaired) electrons. The van der Waals surface area contributed by atoms with E-state index in [9.17, 15) is 8.33 Å². The van der Waals surface area contributed by atoms with Crippen molar-refractivity contribution >= 4 is 43.8 Å². The fourth-order valence-electron chi connectivity index (χ4n) is 3.22. The molecular weight excluding hydrogens is 464 g/mol. The summed E-state index contributed by atoms with van der Waals surface area (Å²) in [6.45, 7) is 3.32. The van der Waals surface area contributed by atoms with Gasteiger partial charge in [0.1, 0.15) is 5.82 Å². The molecule has 0 aliphatic rings. The van der Waals surface area contributed by atoms with Gasteiger partial charge in [0.05, 0.1) is 41.8 Å². The Bertz CT molecular complexity index is 1240. The van der Waals surface area contributed by atoms with Gasteiger partial charge in [-0.3, -0.25) is 13.6 Å². The van der Waals surface area contributed by atoms with Crippen molar-refractivity contribution in [3.8, 4) is 17.3 Å². The van der Waals surface area contributed by atoms with Crippen LogP contribution in [0.15, 0.2) is 24.8 Å². The molecular formula is C17H13FIN7O. The van der Waals surface area contributed by atoms with Crippen molar-refractivity contribution < 1.29 is 7.46 Å². The van der Waals surface area contributed by atoms with E-state index in [0.717, 1.165) is 0 Å². The van der Waals surface area contributed by atoms with Gasteiger partial charge in [-0.05, 0) is 19.4 Å². The number of imidazole rings is 1. The van der Waals surface area contributed by atoms with E-state index in [1.165, 1.54) is 0 Å². The van der Waals surface area contributed by atoms with Crippen LogP contribution >= 0.6 is 21.5 Å². The van der Waals surface area contributed by atoms with Crippen LogP contribution in [0.4, 0.5) is 10.2 Å². The number of aromatic amines is 1. The number of anilines is 1. The molecule has 0 aliphatic heterocycles. The van der Waals surface area contributed by atoms with E-state index in [1.807, 2.05) is 0 Å². The number of benzene rings is 1. The maximum atomic E-state index is 15.1. The van der Waals surface area contributed by atoms with Crippen LogP contribution in [0.25, 0.3) is 27.8 Å². The number of halogens is 2. The molecule has 1 atom stereocenters. The first-order valence-corrected chi connectivity index (χ1v) is 9.93. The van der Waals surface area contributed by atoms with E-state index in [4.69, 9.17) is 0 Å². The lowest BCUT2D eigenvalue weighted by Gasteiger charge is -2.14. The number of fused-ring (bicyclic) bond motifs is 2. The molecule has 0 spiro atoms. The predicted octanol–water partition coefficient (Wildman–Crippen LogP) is 3.99. The number of nitrogens with one attached hydrogen (secondary N) is 2. The number of nitrogens with zero attached hydrogens (tertiary/aromatic N) is 5. The van der Waals surface area contributed by atoms with Crippen molar-refractivity contribution in [3.05, 3.63) is 41.7 Å². The molecule has 2 N–H and O–H groups in total. The van der Waals surface area contributed by atoms with Crippen LogP contribution in [0.1, 0.15) is 24.0 Å². The summed E-state index contributed by atoms with van der Waals surface area (Å²) in [6.07, 6.45) is 6.61. The van der Waals surface area contributed by atoms with Gasteiger partial charge in [0.2, 0.25) is 0 Å². The predicted molar refractivity (Wildman–Crippen MR) is 105 cm³/mol. The number of aromatic nitrogens is 5. The van der Waals surface area contributed by atoms with Crippen LogP contribution < -0.4 is 3.53 Å². The van der Waals surface area contributed by atoms with Gasteiger partial charge in [-0.15, -0.1) is 0 Å². The average molecular weight is 477 g/mol. The zero-order valence-corrected chi connectivity index (χ0v) is 16.4. The summed E-state index contributed by atoms with van der Waals surface area (Å²) in [6, 6.07) is 2.08. The van der Waals surface area contributed by atoms with Crippen molar-refractivity contribution in [2.24, 2.45) is 0 Å². The summed E-state index contributed by atoms with van der Waals surface area (Å²) in [5.74, 6) is -0.568. The Morgan fingerprint density at radius 3 is 2.96 bits per heavy atom. The van der Waals surface area contributed by atoms with Crippen molar-refractivity contribution in [2.75, 3.05) is 3.53 Å². The monoisotopic (exact) mass is 477 g/mol. The van der Waals surface area contributed by atoms with E-state index in [1.54, 1.807) is 43.0 Å². The molecule has 0 saturated heterocycles. The zero-order chi connectivity index (χ0) is 19.1. The van der Waals surface area contributed by atoms with Crippen molar-refractivity contribution in [1.82, 2.24) is 24.6 Å². The third-order valence-electron chi connectivity index (χ3n) is 4.48. The Morgan fingerprint density at radius 2 is 2.22 bits per heavy atom. The third-order valence-corrected chi connectivity index (χ3v) is 5.25. The SMILES string of the molecule is Cc1c(F)c(C(C)C#N)c2[nH]ncc2c1-c1cn2cc(NI=O)nc2cn1. The molecule has 3 aromatic heterocycles. The minimum Gasteiger partial charge on any atom is -0.301 e. The van der Waals surface area contributed by atoms with E-state index >= 15 is 4.39 Å². The van der Waals surface area contributed by atoms with Gasteiger partial charge < -0.3 is 4.40 Å². The van der Waals surface area contributed by atoms with Crippen LogP contribution in [0.2, 0.25) is 0 Å². The van der Waals surface area contributed by atoms with Gasteiger partial charge in [0.25, 0.3) is 21.5 Å². The Balaban J connectivity index is 1.98. The highest BCUT2D eigenvalue weighted by molar-refractivity contribution is 14.1. The summed E-state index contributed by atoms with van der Waals surface area (Å²) in [5.41, 5.74) is 2.93. The molecule has 3 heterocycles. The second-order valence-electron chi connectivity index (χ2n) is 6.07. The fraction of sp³-hybridized carbons (Fsp3) is 0.176. The van der Waals surface area contributed by atoms with Gasteiger partial charge in [0.15, 0.2) is 11.5 Å². The van der Waals surface area contributed by atoms with Gasteiger partial charge in [-0.25, -0.2) is 12.4 Å². The topological polar surface area (TPSA) is 112 Å². The second kappa shape index (κ2) is 6.66. The summed E-state index contributed by atoms with van der Waals surface area (Å²) in [5, 5.41) is 16.8. The third kappa shape index (κ3) is 2.74. The Labute approximate surface area is 163 Å². The smallest absolute Gasteiger partial charge is 0.271 e. The van der Waals surface area contributed by atoms with Crippen LogP contribution in [0, 0.1) is 24.1 Å². The lowest BCUT2D eigenvalue weighted by atomic mass is 9.91. The van der Waals surface area contributed by atoms with Gasteiger partial charge in [-0.2, -0.15) is 10.4 Å². The second-order valence-corrected chi connectivity index (χ2v) is 7.05. The molecule has 10 heteroatoms. The molecule has 0 aliphatic carbocycles. The highest BCUT2D eigenvalue weighted by Crippen LogP contribution is 2.37. The van der Waals surface area contributed by atoms with Crippen LogP contribution in [0.5, 0.6) is 0 Å². The average Bonchev–Trinajstić information content (AvgIpc) is 3.28. The summed E-state index contributed by atoms with van der Waals surface area (Å²) in [7, 11) is 0. The van der Waals surface area contributed by atoms with E-state index < -0.39 is 33.2 Å². The molecule has 1 unspecified atom stereocenters. The molecule has 136 valence electrons. The lowest BCUT2D eigenvalue weighted by molar-refractivity contribution is 0.600. The molecule has 8 nitrogen and oxygen atoms in total. The number of nitriles is 1. The highest BCUT2D eigenvalue weighted by Gasteiger charge is 2.23. The molecule has 4 aromatic rings. The van der Waals surface area contributed by atoms with Crippen molar-refractivity contribution in [3.63, 3.8) is 0 Å².